The van der Waals surface area contributed by atoms with Crippen molar-refractivity contribution in [1.29, 1.82) is 0 Å². The van der Waals surface area contributed by atoms with Gasteiger partial charge in [-0.25, -0.2) is 4.39 Å². The van der Waals surface area contributed by atoms with Crippen LogP contribution in [0.15, 0.2) is 36.5 Å². The standard InChI is InChI=1S/C16H17FN2/c17-16(9-13-5-6-14(10-16)19-13)12-4-3-11-2-1-7-18-15(11)8-12/h1-4,7-8,13-14,19H,5-6,9-10H2. The molecule has 0 spiro atoms. The smallest absolute Gasteiger partial charge is 0.139 e. The van der Waals surface area contributed by atoms with Crippen molar-refractivity contribution < 1.29 is 4.39 Å². The second kappa shape index (κ2) is 4.01. The van der Waals surface area contributed by atoms with Crippen LogP contribution in [0.25, 0.3) is 10.9 Å². The van der Waals surface area contributed by atoms with E-state index in [1.165, 1.54) is 0 Å². The number of fused-ring (bicyclic) bond motifs is 3. The Hall–Kier alpha value is -1.48. The molecule has 4 rings (SSSR count). The van der Waals surface area contributed by atoms with E-state index >= 15 is 4.39 Å². The Morgan fingerprint density at radius 2 is 1.95 bits per heavy atom. The minimum absolute atomic E-state index is 0.350. The molecule has 2 unspecified atom stereocenters. The molecule has 2 atom stereocenters. The molecule has 1 aromatic carbocycles. The molecular formula is C16H17FN2. The zero-order chi connectivity index (χ0) is 12.9. The monoisotopic (exact) mass is 256 g/mol. The number of alkyl halides is 1. The summed E-state index contributed by atoms with van der Waals surface area (Å²) >= 11 is 0. The van der Waals surface area contributed by atoms with Crippen LogP contribution in [0.1, 0.15) is 31.2 Å². The highest BCUT2D eigenvalue weighted by Crippen LogP contribution is 2.44. The number of rotatable bonds is 1. The first kappa shape index (κ1) is 11.4. The molecule has 0 radical (unpaired) electrons. The van der Waals surface area contributed by atoms with E-state index in [2.05, 4.69) is 10.3 Å². The molecule has 0 amide bonds. The molecule has 2 bridgehead atoms. The summed E-state index contributed by atoms with van der Waals surface area (Å²) in [5, 5.41) is 4.57. The number of nitrogens with zero attached hydrogens (tertiary/aromatic N) is 1. The van der Waals surface area contributed by atoms with Gasteiger partial charge in [-0.15, -0.1) is 0 Å². The maximum atomic E-state index is 15.3. The molecular weight excluding hydrogens is 239 g/mol. The van der Waals surface area contributed by atoms with Crippen LogP contribution in [0.4, 0.5) is 4.39 Å². The summed E-state index contributed by atoms with van der Waals surface area (Å²) in [6, 6.07) is 10.5. The lowest BCUT2D eigenvalue weighted by Crippen LogP contribution is -2.44. The van der Waals surface area contributed by atoms with Gasteiger partial charge in [-0.1, -0.05) is 18.2 Å². The maximum absolute atomic E-state index is 15.3. The van der Waals surface area contributed by atoms with Crippen LogP contribution in [0.5, 0.6) is 0 Å². The first-order valence-corrected chi connectivity index (χ1v) is 7.03. The summed E-state index contributed by atoms with van der Waals surface area (Å²) in [5.74, 6) is 0. The van der Waals surface area contributed by atoms with Crippen molar-refractivity contribution >= 4 is 10.9 Å². The summed E-state index contributed by atoms with van der Waals surface area (Å²) in [4.78, 5) is 4.34. The highest BCUT2D eigenvalue weighted by molar-refractivity contribution is 5.79. The Balaban J connectivity index is 1.76. The largest absolute Gasteiger partial charge is 0.311 e. The zero-order valence-electron chi connectivity index (χ0n) is 10.8. The van der Waals surface area contributed by atoms with Crippen LogP contribution in [0.3, 0.4) is 0 Å². The maximum Gasteiger partial charge on any atom is 0.139 e. The molecule has 3 heterocycles. The molecule has 0 aliphatic carbocycles. The number of hydrogen-bond donors (Lipinski definition) is 1. The van der Waals surface area contributed by atoms with Crippen LogP contribution < -0.4 is 5.32 Å². The van der Waals surface area contributed by atoms with Gasteiger partial charge in [0.1, 0.15) is 5.67 Å². The summed E-state index contributed by atoms with van der Waals surface area (Å²) in [5.41, 5.74) is 0.517. The van der Waals surface area contributed by atoms with E-state index in [0.29, 0.717) is 24.9 Å². The van der Waals surface area contributed by atoms with Crippen LogP contribution in [-0.4, -0.2) is 17.1 Å². The molecule has 1 aromatic heterocycles. The van der Waals surface area contributed by atoms with Crippen molar-refractivity contribution in [2.45, 2.75) is 43.4 Å². The number of hydrogen-bond acceptors (Lipinski definition) is 2. The van der Waals surface area contributed by atoms with Crippen molar-refractivity contribution in [3.8, 4) is 0 Å². The van der Waals surface area contributed by atoms with E-state index < -0.39 is 5.67 Å². The Labute approximate surface area is 112 Å². The molecule has 1 N–H and O–H groups in total. The molecule has 2 nitrogen and oxygen atoms in total. The quantitative estimate of drug-likeness (QED) is 0.846. The van der Waals surface area contributed by atoms with Crippen molar-refractivity contribution in [2.24, 2.45) is 0 Å². The molecule has 2 aliphatic heterocycles. The minimum atomic E-state index is -1.18. The molecule has 2 aromatic rings. The van der Waals surface area contributed by atoms with Crippen molar-refractivity contribution in [2.75, 3.05) is 0 Å². The fourth-order valence-corrected chi connectivity index (χ4v) is 3.67. The number of aromatic nitrogens is 1. The third-order valence-electron chi connectivity index (χ3n) is 4.60. The normalized spacial score (nSPS) is 33.7. The van der Waals surface area contributed by atoms with E-state index in [-0.39, 0.29) is 0 Å². The first-order chi connectivity index (χ1) is 9.23. The fraction of sp³-hybridized carbons (Fsp3) is 0.438. The van der Waals surface area contributed by atoms with Gasteiger partial charge >= 0.3 is 0 Å². The van der Waals surface area contributed by atoms with Gasteiger partial charge in [-0.2, -0.15) is 0 Å². The third kappa shape index (κ3) is 1.84. The summed E-state index contributed by atoms with van der Waals surface area (Å²) < 4.78 is 15.3. The molecule has 0 saturated carbocycles. The number of pyridine rings is 1. The van der Waals surface area contributed by atoms with Crippen LogP contribution in [0.2, 0.25) is 0 Å². The number of nitrogens with one attached hydrogen (secondary N) is 1. The Bertz CT molecular complexity index is 613. The van der Waals surface area contributed by atoms with E-state index in [0.717, 1.165) is 29.3 Å². The van der Waals surface area contributed by atoms with E-state index in [9.17, 15) is 0 Å². The van der Waals surface area contributed by atoms with Gasteiger partial charge in [0.2, 0.25) is 0 Å². The van der Waals surface area contributed by atoms with E-state index in [1.54, 1.807) is 6.20 Å². The second-order valence-corrected chi connectivity index (χ2v) is 5.92. The number of halogens is 1. The average Bonchev–Trinajstić information content (AvgIpc) is 2.78. The van der Waals surface area contributed by atoms with Gasteiger partial charge in [0.15, 0.2) is 0 Å². The van der Waals surface area contributed by atoms with Crippen molar-refractivity contribution in [1.82, 2.24) is 10.3 Å². The molecule has 2 saturated heterocycles. The number of piperidine rings is 1. The van der Waals surface area contributed by atoms with Gasteiger partial charge in [0.25, 0.3) is 0 Å². The van der Waals surface area contributed by atoms with Crippen molar-refractivity contribution in [3.05, 3.63) is 42.1 Å². The highest BCUT2D eigenvalue weighted by atomic mass is 19.1. The summed E-state index contributed by atoms with van der Waals surface area (Å²) in [6.07, 6.45) is 5.19. The SMILES string of the molecule is FC1(c2ccc3cccnc3c2)CC2CCC(C1)N2. The summed E-state index contributed by atoms with van der Waals surface area (Å²) in [6.45, 7) is 0. The predicted octanol–water partition coefficient (Wildman–Crippen LogP) is 3.31. The van der Waals surface area contributed by atoms with Gasteiger partial charge in [-0.3, -0.25) is 4.98 Å². The van der Waals surface area contributed by atoms with Crippen LogP contribution in [0, 0.1) is 0 Å². The zero-order valence-corrected chi connectivity index (χ0v) is 10.8. The Morgan fingerprint density at radius 3 is 2.74 bits per heavy atom. The van der Waals surface area contributed by atoms with Crippen molar-refractivity contribution in [3.63, 3.8) is 0 Å². The highest BCUT2D eigenvalue weighted by Gasteiger charge is 2.45. The number of benzene rings is 1. The van der Waals surface area contributed by atoms with Gasteiger partial charge in [0.05, 0.1) is 5.52 Å². The lowest BCUT2D eigenvalue weighted by molar-refractivity contribution is 0.0875. The molecule has 2 aliphatic rings. The Kier molecular flexibility index (Phi) is 2.39. The minimum Gasteiger partial charge on any atom is -0.311 e. The average molecular weight is 256 g/mol. The second-order valence-electron chi connectivity index (χ2n) is 5.92. The molecule has 98 valence electrons. The summed E-state index contributed by atoms with van der Waals surface area (Å²) in [7, 11) is 0. The van der Waals surface area contributed by atoms with Crippen LogP contribution in [-0.2, 0) is 5.67 Å². The lowest BCUT2D eigenvalue weighted by atomic mass is 9.83. The van der Waals surface area contributed by atoms with Gasteiger partial charge in [-0.05, 0) is 30.5 Å². The fourth-order valence-electron chi connectivity index (χ4n) is 3.67. The molecule has 3 heteroatoms. The third-order valence-corrected chi connectivity index (χ3v) is 4.60. The van der Waals surface area contributed by atoms with Crippen LogP contribution >= 0.6 is 0 Å². The Morgan fingerprint density at radius 1 is 1.16 bits per heavy atom. The van der Waals surface area contributed by atoms with Gasteiger partial charge < -0.3 is 5.32 Å². The van der Waals surface area contributed by atoms with Gasteiger partial charge in [0, 0.05) is 36.5 Å². The topological polar surface area (TPSA) is 24.9 Å². The van der Waals surface area contributed by atoms with E-state index in [4.69, 9.17) is 0 Å². The van der Waals surface area contributed by atoms with E-state index in [1.807, 2.05) is 30.3 Å². The first-order valence-electron chi connectivity index (χ1n) is 7.03. The predicted molar refractivity (Wildman–Crippen MR) is 73.7 cm³/mol. The molecule has 19 heavy (non-hydrogen) atoms. The molecule has 2 fully saturated rings. The lowest BCUT2D eigenvalue weighted by Gasteiger charge is -2.35.